The van der Waals surface area contributed by atoms with E-state index in [9.17, 15) is 4.79 Å². The Morgan fingerprint density at radius 2 is 1.64 bits per heavy atom. The minimum atomic E-state index is -0.332. The van der Waals surface area contributed by atoms with Gasteiger partial charge in [-0.2, -0.15) is 4.98 Å². The summed E-state index contributed by atoms with van der Waals surface area (Å²) in [7, 11) is 0. The van der Waals surface area contributed by atoms with E-state index in [0.717, 1.165) is 34.0 Å². The lowest BCUT2D eigenvalue weighted by atomic mass is 10.1. The van der Waals surface area contributed by atoms with E-state index in [4.69, 9.17) is 4.74 Å². The zero-order chi connectivity index (χ0) is 20.1. The van der Waals surface area contributed by atoms with Gasteiger partial charge in [-0.15, -0.1) is 0 Å². The predicted molar refractivity (Wildman–Crippen MR) is 112 cm³/mol. The Morgan fingerprint density at radius 1 is 0.964 bits per heavy atom. The van der Waals surface area contributed by atoms with Crippen molar-refractivity contribution in [3.63, 3.8) is 0 Å². The third-order valence-corrected chi connectivity index (χ3v) is 4.24. The van der Waals surface area contributed by atoms with Gasteiger partial charge in [0.25, 0.3) is 0 Å². The summed E-state index contributed by atoms with van der Waals surface area (Å²) in [6.07, 6.45) is 0. The zero-order valence-electron chi connectivity index (χ0n) is 16.5. The van der Waals surface area contributed by atoms with E-state index in [1.165, 1.54) is 0 Å². The third kappa shape index (κ3) is 4.65. The lowest BCUT2D eigenvalue weighted by molar-refractivity contribution is 0.0526. The first-order chi connectivity index (χ1) is 13.5. The Labute approximate surface area is 165 Å². The fraction of sp³-hybridized carbons (Fsp3) is 0.227. The number of esters is 1. The second-order valence-corrected chi connectivity index (χ2v) is 6.53. The summed E-state index contributed by atoms with van der Waals surface area (Å²) < 4.78 is 5.00. The Morgan fingerprint density at radius 3 is 2.29 bits per heavy atom. The van der Waals surface area contributed by atoms with Crippen molar-refractivity contribution in [1.29, 1.82) is 0 Å². The normalized spacial score (nSPS) is 10.4. The number of ether oxygens (including phenoxy) is 1. The molecule has 6 heteroatoms. The first-order valence-corrected chi connectivity index (χ1v) is 9.19. The van der Waals surface area contributed by atoms with Crippen LogP contribution in [0.3, 0.4) is 0 Å². The molecule has 0 fully saturated rings. The highest BCUT2D eigenvalue weighted by atomic mass is 16.5. The summed E-state index contributed by atoms with van der Waals surface area (Å²) in [6, 6.07) is 15.1. The number of hydrogen-bond donors (Lipinski definition) is 2. The summed E-state index contributed by atoms with van der Waals surface area (Å²) in [5.41, 5.74) is 5.49. The quantitative estimate of drug-likeness (QED) is 0.585. The van der Waals surface area contributed by atoms with Crippen LogP contribution in [0, 0.1) is 20.8 Å². The molecular weight excluding hydrogens is 352 g/mol. The number of carbonyl (C=O) groups is 1. The molecule has 0 spiro atoms. The largest absolute Gasteiger partial charge is 0.462 e. The van der Waals surface area contributed by atoms with Gasteiger partial charge in [0.05, 0.1) is 12.2 Å². The number of aryl methyl sites for hydroxylation is 3. The van der Waals surface area contributed by atoms with Gasteiger partial charge in [-0.25, -0.2) is 9.78 Å². The number of benzene rings is 2. The number of nitrogens with one attached hydrogen (secondary N) is 2. The van der Waals surface area contributed by atoms with E-state index >= 15 is 0 Å². The van der Waals surface area contributed by atoms with Crippen molar-refractivity contribution in [2.75, 3.05) is 17.2 Å². The van der Waals surface area contributed by atoms with E-state index in [1.54, 1.807) is 31.2 Å². The SMILES string of the molecule is CCOC(=O)c1ccc(Nc2nc(C)cc(Nc3c(C)cccc3C)n2)cc1. The summed E-state index contributed by atoms with van der Waals surface area (Å²) >= 11 is 0. The summed E-state index contributed by atoms with van der Waals surface area (Å²) in [4.78, 5) is 20.8. The fourth-order valence-electron chi connectivity index (χ4n) is 2.86. The molecule has 0 aliphatic carbocycles. The highest BCUT2D eigenvalue weighted by molar-refractivity contribution is 5.89. The number of hydrogen-bond acceptors (Lipinski definition) is 6. The standard InChI is InChI=1S/C22H24N4O2/c1-5-28-21(27)17-9-11-18(12-10-17)24-22-23-16(4)13-19(26-22)25-20-14(2)7-6-8-15(20)3/h6-13H,5H2,1-4H3,(H2,23,24,25,26). The first kappa shape index (κ1) is 19.4. The molecule has 0 bridgehead atoms. The van der Waals surface area contributed by atoms with Gasteiger partial charge >= 0.3 is 5.97 Å². The van der Waals surface area contributed by atoms with Gasteiger partial charge in [0.15, 0.2) is 0 Å². The van der Waals surface area contributed by atoms with Crippen LogP contribution in [0.2, 0.25) is 0 Å². The molecule has 0 saturated carbocycles. The Balaban J connectivity index is 1.79. The molecule has 0 radical (unpaired) electrons. The molecular formula is C22H24N4O2. The summed E-state index contributed by atoms with van der Waals surface area (Å²) in [5, 5.41) is 6.58. The number of carbonyl (C=O) groups excluding carboxylic acids is 1. The molecule has 0 saturated heterocycles. The lowest BCUT2D eigenvalue weighted by Crippen LogP contribution is -2.05. The van der Waals surface area contributed by atoms with Crippen molar-refractivity contribution in [3.05, 3.63) is 70.9 Å². The van der Waals surface area contributed by atoms with Crippen molar-refractivity contribution in [1.82, 2.24) is 9.97 Å². The second-order valence-electron chi connectivity index (χ2n) is 6.53. The first-order valence-electron chi connectivity index (χ1n) is 9.19. The second kappa shape index (κ2) is 8.52. The van der Waals surface area contributed by atoms with Crippen molar-refractivity contribution < 1.29 is 9.53 Å². The molecule has 1 heterocycles. The number of anilines is 4. The number of aromatic nitrogens is 2. The van der Waals surface area contributed by atoms with Gasteiger partial charge in [0.2, 0.25) is 5.95 Å². The fourth-order valence-corrected chi connectivity index (χ4v) is 2.86. The van der Waals surface area contributed by atoms with Crippen LogP contribution in [0.25, 0.3) is 0 Å². The maximum absolute atomic E-state index is 11.8. The number of rotatable bonds is 6. The molecule has 3 aromatic rings. The van der Waals surface area contributed by atoms with Crippen molar-refractivity contribution >= 4 is 29.1 Å². The monoisotopic (exact) mass is 376 g/mol. The average molecular weight is 376 g/mol. The number of para-hydroxylation sites is 1. The molecule has 28 heavy (non-hydrogen) atoms. The Bertz CT molecular complexity index is 964. The van der Waals surface area contributed by atoms with Crippen LogP contribution in [0.5, 0.6) is 0 Å². The van der Waals surface area contributed by atoms with Crippen LogP contribution < -0.4 is 10.6 Å². The van der Waals surface area contributed by atoms with E-state index in [1.807, 2.05) is 19.1 Å². The van der Waals surface area contributed by atoms with Crippen molar-refractivity contribution in [2.45, 2.75) is 27.7 Å². The van der Waals surface area contributed by atoms with Gasteiger partial charge in [-0.3, -0.25) is 0 Å². The van der Waals surface area contributed by atoms with Crippen LogP contribution in [-0.4, -0.2) is 22.5 Å². The summed E-state index contributed by atoms with van der Waals surface area (Å²) in [6.45, 7) is 8.19. The smallest absolute Gasteiger partial charge is 0.338 e. The Kier molecular flexibility index (Phi) is 5.89. The van der Waals surface area contributed by atoms with Gasteiger partial charge in [0, 0.05) is 23.1 Å². The van der Waals surface area contributed by atoms with Gasteiger partial charge in [0.1, 0.15) is 5.82 Å². The zero-order valence-corrected chi connectivity index (χ0v) is 16.5. The van der Waals surface area contributed by atoms with Crippen molar-refractivity contribution in [3.8, 4) is 0 Å². The highest BCUT2D eigenvalue weighted by Crippen LogP contribution is 2.25. The summed E-state index contributed by atoms with van der Waals surface area (Å²) in [5.74, 6) is 0.870. The molecule has 2 aromatic carbocycles. The third-order valence-electron chi connectivity index (χ3n) is 4.24. The molecule has 0 atom stereocenters. The van der Waals surface area contributed by atoms with E-state index in [0.29, 0.717) is 18.1 Å². The predicted octanol–water partition coefficient (Wildman–Crippen LogP) is 5.07. The van der Waals surface area contributed by atoms with Gasteiger partial charge < -0.3 is 15.4 Å². The van der Waals surface area contributed by atoms with Crippen LogP contribution in [0.1, 0.15) is 34.1 Å². The minimum absolute atomic E-state index is 0.332. The number of nitrogens with zero attached hydrogens (tertiary/aromatic N) is 2. The van der Waals surface area contributed by atoms with E-state index in [-0.39, 0.29) is 5.97 Å². The van der Waals surface area contributed by atoms with Crippen LogP contribution >= 0.6 is 0 Å². The maximum Gasteiger partial charge on any atom is 0.338 e. The topological polar surface area (TPSA) is 76.1 Å². The maximum atomic E-state index is 11.8. The molecule has 6 nitrogen and oxygen atoms in total. The molecule has 3 rings (SSSR count). The molecule has 1 aromatic heterocycles. The average Bonchev–Trinajstić information content (AvgIpc) is 2.65. The van der Waals surface area contributed by atoms with Crippen molar-refractivity contribution in [2.24, 2.45) is 0 Å². The Hall–Kier alpha value is -3.41. The van der Waals surface area contributed by atoms with Crippen LogP contribution in [0.15, 0.2) is 48.5 Å². The molecule has 0 aliphatic rings. The van der Waals surface area contributed by atoms with Crippen LogP contribution in [0.4, 0.5) is 23.1 Å². The van der Waals surface area contributed by atoms with E-state index < -0.39 is 0 Å². The van der Waals surface area contributed by atoms with Gasteiger partial charge in [-0.1, -0.05) is 18.2 Å². The van der Waals surface area contributed by atoms with Crippen LogP contribution in [-0.2, 0) is 4.74 Å². The molecule has 0 amide bonds. The molecule has 0 aliphatic heterocycles. The molecule has 0 unspecified atom stereocenters. The van der Waals surface area contributed by atoms with E-state index in [2.05, 4.69) is 46.6 Å². The highest BCUT2D eigenvalue weighted by Gasteiger charge is 2.09. The van der Waals surface area contributed by atoms with Gasteiger partial charge in [-0.05, 0) is 63.1 Å². The molecule has 144 valence electrons. The molecule has 2 N–H and O–H groups in total. The minimum Gasteiger partial charge on any atom is -0.462 e. The lowest BCUT2D eigenvalue weighted by Gasteiger charge is -2.14.